The Morgan fingerprint density at radius 2 is 1.34 bits per heavy atom. The number of allylic oxidation sites excluding steroid dienone is 1. The molecule has 0 aliphatic carbocycles. The summed E-state index contributed by atoms with van der Waals surface area (Å²) in [6.07, 6.45) is 13.8. The molecule has 0 aliphatic rings. The second-order valence-corrected chi connectivity index (χ2v) is 12.4. The van der Waals surface area contributed by atoms with Gasteiger partial charge in [0.15, 0.2) is 0 Å². The largest absolute Gasteiger partial charge is 0.384 e. The standard InChI is InChI=1S/C47H39N3/c1-34(11-2-3-12-37-15-8-16-38-13-4-6-19-43(37)38)47(48)50-46(31-24-35-22-25-36(26-23-35)42-18-10-32-49-33-42)41-29-27-40(28-30-41)45-21-9-17-39-14-5-7-20-44(39)45/h3-10,12-33,46H,1-2,11H2,(H2,48,50)/b12-3+,31-24+. The lowest BCUT2D eigenvalue weighted by Gasteiger charge is -2.13. The summed E-state index contributed by atoms with van der Waals surface area (Å²) in [5, 5.41) is 4.96. The Balaban J connectivity index is 1.12. The van der Waals surface area contributed by atoms with Crippen LogP contribution in [0.5, 0.6) is 0 Å². The van der Waals surface area contributed by atoms with E-state index in [0.29, 0.717) is 5.84 Å². The number of aromatic nitrogens is 1. The summed E-state index contributed by atoms with van der Waals surface area (Å²) >= 11 is 0. The van der Waals surface area contributed by atoms with Crippen LogP contribution < -0.4 is 5.73 Å². The Kier molecular flexibility index (Phi) is 9.85. The topological polar surface area (TPSA) is 51.3 Å². The van der Waals surface area contributed by atoms with E-state index in [0.717, 1.165) is 40.7 Å². The van der Waals surface area contributed by atoms with Gasteiger partial charge in [0.05, 0.1) is 6.04 Å². The Hall–Kier alpha value is -6.32. The molecule has 0 spiro atoms. The molecule has 0 fully saturated rings. The van der Waals surface area contributed by atoms with Crippen LogP contribution >= 0.6 is 0 Å². The van der Waals surface area contributed by atoms with Crippen molar-refractivity contribution in [3.05, 3.63) is 199 Å². The summed E-state index contributed by atoms with van der Waals surface area (Å²) in [5.41, 5.74) is 15.4. The quantitative estimate of drug-likeness (QED) is 0.112. The van der Waals surface area contributed by atoms with Crippen LogP contribution in [0, 0.1) is 0 Å². The SMILES string of the molecule is C=C(CC/C=C/c1cccc2ccccc12)C(N)=NC(/C=C/c1ccc(-c2cccnc2)cc1)c1ccc(-c2cccc3ccccc23)cc1. The summed E-state index contributed by atoms with van der Waals surface area (Å²) in [5.74, 6) is 0.475. The van der Waals surface area contributed by atoms with Crippen molar-refractivity contribution < 1.29 is 0 Å². The van der Waals surface area contributed by atoms with E-state index < -0.39 is 0 Å². The number of rotatable bonds is 11. The highest BCUT2D eigenvalue weighted by Crippen LogP contribution is 2.31. The summed E-state index contributed by atoms with van der Waals surface area (Å²) < 4.78 is 0. The van der Waals surface area contributed by atoms with Gasteiger partial charge in [-0.25, -0.2) is 0 Å². The number of nitrogens with zero attached hydrogens (tertiary/aromatic N) is 2. The molecule has 0 saturated carbocycles. The zero-order chi connectivity index (χ0) is 34.1. The first-order valence-electron chi connectivity index (χ1n) is 17.0. The molecule has 242 valence electrons. The van der Waals surface area contributed by atoms with Crippen molar-refractivity contribution in [1.82, 2.24) is 4.98 Å². The van der Waals surface area contributed by atoms with E-state index in [4.69, 9.17) is 10.7 Å². The zero-order valence-corrected chi connectivity index (χ0v) is 28.0. The van der Waals surface area contributed by atoms with Gasteiger partial charge in [-0.05, 0) is 85.0 Å². The fraction of sp³-hybridized carbons (Fsp3) is 0.0638. The molecule has 0 saturated heterocycles. The van der Waals surface area contributed by atoms with Crippen LogP contribution in [0.1, 0.15) is 35.6 Å². The van der Waals surface area contributed by atoms with Gasteiger partial charge in [0, 0.05) is 12.4 Å². The van der Waals surface area contributed by atoms with Crippen molar-refractivity contribution in [1.29, 1.82) is 0 Å². The molecule has 1 aromatic heterocycles. The third-order valence-electron chi connectivity index (χ3n) is 9.10. The first-order chi connectivity index (χ1) is 24.6. The van der Waals surface area contributed by atoms with Crippen LogP contribution in [0.15, 0.2) is 187 Å². The Labute approximate surface area is 294 Å². The number of hydrogen-bond donors (Lipinski definition) is 1. The summed E-state index contributed by atoms with van der Waals surface area (Å²) in [4.78, 5) is 9.29. The minimum absolute atomic E-state index is 0.280. The number of pyridine rings is 1. The van der Waals surface area contributed by atoms with E-state index in [-0.39, 0.29) is 6.04 Å². The number of benzene rings is 6. The van der Waals surface area contributed by atoms with Crippen LogP contribution in [0.3, 0.4) is 0 Å². The van der Waals surface area contributed by atoms with Crippen molar-refractivity contribution >= 4 is 39.5 Å². The number of amidine groups is 1. The average Bonchev–Trinajstić information content (AvgIpc) is 3.18. The van der Waals surface area contributed by atoms with Crippen molar-refractivity contribution in [3.8, 4) is 22.3 Å². The van der Waals surface area contributed by atoms with E-state index in [2.05, 4.69) is 175 Å². The lowest BCUT2D eigenvalue weighted by molar-refractivity contribution is 0.906. The summed E-state index contributed by atoms with van der Waals surface area (Å²) in [7, 11) is 0. The van der Waals surface area contributed by atoms with Crippen molar-refractivity contribution in [2.75, 3.05) is 0 Å². The molecule has 1 unspecified atom stereocenters. The Bertz CT molecular complexity index is 2320. The molecule has 0 bridgehead atoms. The lowest BCUT2D eigenvalue weighted by Crippen LogP contribution is -2.15. The third-order valence-corrected chi connectivity index (χ3v) is 9.10. The smallest absolute Gasteiger partial charge is 0.121 e. The van der Waals surface area contributed by atoms with Gasteiger partial charge in [-0.2, -0.15) is 0 Å². The highest BCUT2D eigenvalue weighted by Gasteiger charge is 2.11. The maximum absolute atomic E-state index is 6.65. The zero-order valence-electron chi connectivity index (χ0n) is 28.0. The fourth-order valence-electron chi connectivity index (χ4n) is 6.32. The summed E-state index contributed by atoms with van der Waals surface area (Å²) in [6.45, 7) is 4.32. The Morgan fingerprint density at radius 1 is 0.660 bits per heavy atom. The maximum atomic E-state index is 6.65. The van der Waals surface area contributed by atoms with Crippen molar-refractivity contribution in [2.45, 2.75) is 18.9 Å². The molecular formula is C47H39N3. The lowest BCUT2D eigenvalue weighted by atomic mass is 9.96. The molecule has 50 heavy (non-hydrogen) atoms. The predicted molar refractivity (Wildman–Crippen MR) is 214 cm³/mol. The Morgan fingerprint density at radius 3 is 2.10 bits per heavy atom. The van der Waals surface area contributed by atoms with Gasteiger partial charge in [0.25, 0.3) is 0 Å². The van der Waals surface area contributed by atoms with Crippen LogP contribution in [0.4, 0.5) is 0 Å². The predicted octanol–water partition coefficient (Wildman–Crippen LogP) is 11.9. The van der Waals surface area contributed by atoms with Crippen molar-refractivity contribution in [2.24, 2.45) is 10.7 Å². The number of aliphatic imine (C=N–C) groups is 1. The molecule has 7 rings (SSSR count). The minimum Gasteiger partial charge on any atom is -0.384 e. The fourth-order valence-corrected chi connectivity index (χ4v) is 6.32. The molecule has 1 atom stereocenters. The van der Waals surface area contributed by atoms with Crippen LogP contribution in [-0.4, -0.2) is 10.8 Å². The molecule has 3 heteroatoms. The van der Waals surface area contributed by atoms with Gasteiger partial charge in [-0.15, -0.1) is 0 Å². The van der Waals surface area contributed by atoms with Gasteiger partial charge in [-0.1, -0.05) is 170 Å². The number of nitrogens with two attached hydrogens (primary N) is 1. The number of fused-ring (bicyclic) bond motifs is 2. The van der Waals surface area contributed by atoms with Gasteiger partial charge in [-0.3, -0.25) is 9.98 Å². The van der Waals surface area contributed by atoms with Gasteiger partial charge in [0.1, 0.15) is 5.84 Å². The molecule has 2 N–H and O–H groups in total. The molecule has 0 amide bonds. The highest BCUT2D eigenvalue weighted by atomic mass is 14.9. The second kappa shape index (κ2) is 15.3. The van der Waals surface area contributed by atoms with E-state index in [1.807, 2.05) is 12.3 Å². The van der Waals surface area contributed by atoms with Gasteiger partial charge < -0.3 is 5.73 Å². The molecule has 1 heterocycles. The van der Waals surface area contributed by atoms with Crippen LogP contribution in [0.25, 0.3) is 56.0 Å². The average molecular weight is 646 g/mol. The first-order valence-corrected chi connectivity index (χ1v) is 17.0. The molecule has 7 aromatic rings. The van der Waals surface area contributed by atoms with Crippen molar-refractivity contribution in [3.63, 3.8) is 0 Å². The monoisotopic (exact) mass is 645 g/mol. The van der Waals surface area contributed by atoms with E-state index in [1.165, 1.54) is 38.2 Å². The minimum atomic E-state index is -0.280. The van der Waals surface area contributed by atoms with Gasteiger partial charge in [0.2, 0.25) is 0 Å². The maximum Gasteiger partial charge on any atom is 0.121 e. The van der Waals surface area contributed by atoms with E-state index in [9.17, 15) is 0 Å². The van der Waals surface area contributed by atoms with E-state index in [1.54, 1.807) is 6.20 Å². The normalized spacial score (nSPS) is 12.6. The summed E-state index contributed by atoms with van der Waals surface area (Å²) in [6, 6.07) is 50.7. The van der Waals surface area contributed by atoms with Crippen LogP contribution in [0.2, 0.25) is 0 Å². The van der Waals surface area contributed by atoms with Gasteiger partial charge >= 0.3 is 0 Å². The molecule has 3 nitrogen and oxygen atoms in total. The third kappa shape index (κ3) is 7.53. The molecule has 0 radical (unpaired) electrons. The van der Waals surface area contributed by atoms with Crippen LogP contribution in [-0.2, 0) is 0 Å². The molecule has 0 aliphatic heterocycles. The number of hydrogen-bond acceptors (Lipinski definition) is 2. The van der Waals surface area contributed by atoms with E-state index >= 15 is 0 Å². The molecular weight excluding hydrogens is 607 g/mol. The molecule has 6 aromatic carbocycles. The highest BCUT2D eigenvalue weighted by molar-refractivity contribution is 5.97. The second-order valence-electron chi connectivity index (χ2n) is 12.4. The first kappa shape index (κ1) is 32.2.